The molecule has 0 radical (unpaired) electrons. The molecule has 2 heterocycles. The zero-order valence-electron chi connectivity index (χ0n) is 12.6. The maximum absolute atomic E-state index is 12.6. The van der Waals surface area contributed by atoms with E-state index < -0.39 is 0 Å². The zero-order chi connectivity index (χ0) is 15.8. The van der Waals surface area contributed by atoms with Crippen LogP contribution in [-0.4, -0.2) is 15.0 Å². The summed E-state index contributed by atoms with van der Waals surface area (Å²) in [6, 6.07) is 9.98. The van der Waals surface area contributed by atoms with Gasteiger partial charge in [0, 0.05) is 11.3 Å². The lowest BCUT2D eigenvalue weighted by molar-refractivity contribution is 0.671. The second-order valence-electron chi connectivity index (χ2n) is 5.74. The minimum Gasteiger partial charge on any atom is -0.294 e. The summed E-state index contributed by atoms with van der Waals surface area (Å²) in [6.07, 6.45) is 4.10. The van der Waals surface area contributed by atoms with E-state index in [1.54, 1.807) is 0 Å². The summed E-state index contributed by atoms with van der Waals surface area (Å²) in [5, 5.41) is 0.538. The van der Waals surface area contributed by atoms with E-state index in [2.05, 4.69) is 20.4 Å². The van der Waals surface area contributed by atoms with Gasteiger partial charge in [-0.2, -0.15) is 4.98 Å². The number of nitrogen functional groups attached to an aromatic ring is 1. The van der Waals surface area contributed by atoms with Crippen molar-refractivity contribution in [3.05, 3.63) is 51.9 Å². The number of nitrogens with one attached hydrogen (secondary N) is 2. The third-order valence-corrected chi connectivity index (χ3v) is 4.33. The van der Waals surface area contributed by atoms with Crippen LogP contribution in [0.3, 0.4) is 0 Å². The Balaban J connectivity index is 2.14. The predicted molar refractivity (Wildman–Crippen MR) is 90.0 cm³/mol. The van der Waals surface area contributed by atoms with Gasteiger partial charge in [0.25, 0.3) is 5.56 Å². The van der Waals surface area contributed by atoms with Crippen LogP contribution >= 0.6 is 0 Å². The molecule has 0 saturated heterocycles. The molecule has 4 N–H and O–H groups in total. The van der Waals surface area contributed by atoms with E-state index in [1.807, 2.05) is 30.3 Å². The number of nitrogens with zero attached hydrogens (tertiary/aromatic N) is 2. The first-order valence-electron chi connectivity index (χ1n) is 7.76. The normalized spacial score (nSPS) is 13.8. The standard InChI is InChI=1S/C17H17N5O/c18-22-17-20-15-14(16(23)21-17)13(10-6-2-1-3-7-10)11-8-4-5-9-12(11)19-15/h1-3,6-7H,4-5,8-9,18H2,(H2,19,20,21,22,23). The number of aryl methyl sites for hydroxylation is 1. The Hall–Kier alpha value is -2.73. The highest BCUT2D eigenvalue weighted by atomic mass is 16.1. The first-order valence-corrected chi connectivity index (χ1v) is 7.76. The van der Waals surface area contributed by atoms with Crippen molar-refractivity contribution in [2.45, 2.75) is 25.7 Å². The van der Waals surface area contributed by atoms with Crippen LogP contribution in [0.1, 0.15) is 24.1 Å². The van der Waals surface area contributed by atoms with Gasteiger partial charge in [-0.25, -0.2) is 10.8 Å². The van der Waals surface area contributed by atoms with Gasteiger partial charge in [-0.15, -0.1) is 0 Å². The third kappa shape index (κ3) is 2.27. The number of rotatable bonds is 2. The molecule has 0 aliphatic heterocycles. The maximum Gasteiger partial charge on any atom is 0.262 e. The van der Waals surface area contributed by atoms with Crippen LogP contribution in [0.5, 0.6) is 0 Å². The smallest absolute Gasteiger partial charge is 0.262 e. The molecule has 1 aliphatic rings. The van der Waals surface area contributed by atoms with Crippen molar-refractivity contribution in [1.29, 1.82) is 0 Å². The molecule has 3 aromatic rings. The van der Waals surface area contributed by atoms with Crippen molar-refractivity contribution in [2.75, 3.05) is 5.43 Å². The van der Waals surface area contributed by atoms with Gasteiger partial charge in [0.2, 0.25) is 5.95 Å². The molecule has 1 aliphatic carbocycles. The van der Waals surface area contributed by atoms with Gasteiger partial charge < -0.3 is 0 Å². The molecule has 6 nitrogen and oxygen atoms in total. The minimum atomic E-state index is -0.220. The Morgan fingerprint density at radius 2 is 1.87 bits per heavy atom. The summed E-state index contributed by atoms with van der Waals surface area (Å²) in [5.41, 5.74) is 6.83. The summed E-state index contributed by atoms with van der Waals surface area (Å²) < 4.78 is 0. The molecule has 116 valence electrons. The number of anilines is 1. The van der Waals surface area contributed by atoms with Crippen LogP contribution in [0.15, 0.2) is 35.1 Å². The topological polar surface area (TPSA) is 96.7 Å². The molecule has 0 bridgehead atoms. The first-order chi connectivity index (χ1) is 11.3. The van der Waals surface area contributed by atoms with Gasteiger partial charge in [0.05, 0.1) is 5.39 Å². The Labute approximate surface area is 132 Å². The van der Waals surface area contributed by atoms with Crippen LogP contribution in [0, 0.1) is 0 Å². The molecule has 4 rings (SSSR count). The number of benzene rings is 1. The Kier molecular flexibility index (Phi) is 3.31. The van der Waals surface area contributed by atoms with E-state index >= 15 is 0 Å². The summed E-state index contributed by atoms with van der Waals surface area (Å²) in [7, 11) is 0. The van der Waals surface area contributed by atoms with E-state index in [9.17, 15) is 4.79 Å². The number of hydrazine groups is 1. The van der Waals surface area contributed by atoms with E-state index in [-0.39, 0.29) is 11.5 Å². The number of hydrogen-bond donors (Lipinski definition) is 3. The molecule has 2 aromatic heterocycles. The van der Waals surface area contributed by atoms with Crippen molar-refractivity contribution in [3.8, 4) is 11.1 Å². The van der Waals surface area contributed by atoms with Crippen LogP contribution in [0.25, 0.3) is 22.2 Å². The molecule has 6 heteroatoms. The monoisotopic (exact) mass is 307 g/mol. The fourth-order valence-electron chi connectivity index (χ4n) is 3.32. The Morgan fingerprint density at radius 1 is 1.09 bits per heavy atom. The maximum atomic E-state index is 12.6. The molecular weight excluding hydrogens is 290 g/mol. The lowest BCUT2D eigenvalue weighted by Crippen LogP contribution is -2.20. The van der Waals surface area contributed by atoms with Crippen molar-refractivity contribution in [2.24, 2.45) is 5.84 Å². The Bertz CT molecular complexity index is 933. The van der Waals surface area contributed by atoms with E-state index in [0.29, 0.717) is 11.0 Å². The molecular formula is C17H17N5O. The fraction of sp³-hybridized carbons (Fsp3) is 0.235. The third-order valence-electron chi connectivity index (χ3n) is 4.33. The van der Waals surface area contributed by atoms with Gasteiger partial charge in [-0.1, -0.05) is 30.3 Å². The molecule has 0 atom stereocenters. The van der Waals surface area contributed by atoms with Gasteiger partial charge in [-0.3, -0.25) is 15.2 Å². The largest absolute Gasteiger partial charge is 0.294 e. The summed E-state index contributed by atoms with van der Waals surface area (Å²) in [4.78, 5) is 24.3. The van der Waals surface area contributed by atoms with Crippen molar-refractivity contribution in [1.82, 2.24) is 15.0 Å². The predicted octanol–water partition coefficient (Wildman–Crippen LogP) is 2.15. The summed E-state index contributed by atoms with van der Waals surface area (Å²) >= 11 is 0. The number of fused-ring (bicyclic) bond motifs is 2. The van der Waals surface area contributed by atoms with Gasteiger partial charge >= 0.3 is 0 Å². The highest BCUT2D eigenvalue weighted by molar-refractivity contribution is 5.94. The molecule has 0 fully saturated rings. The lowest BCUT2D eigenvalue weighted by atomic mass is 9.87. The lowest BCUT2D eigenvalue weighted by Gasteiger charge is -2.20. The second-order valence-corrected chi connectivity index (χ2v) is 5.74. The second kappa shape index (κ2) is 5.48. The van der Waals surface area contributed by atoms with Crippen LogP contribution in [-0.2, 0) is 12.8 Å². The average Bonchev–Trinajstić information content (AvgIpc) is 2.60. The van der Waals surface area contributed by atoms with Crippen molar-refractivity contribution < 1.29 is 0 Å². The quantitative estimate of drug-likeness (QED) is 0.498. The number of H-pyrrole nitrogens is 1. The van der Waals surface area contributed by atoms with E-state index in [1.165, 1.54) is 5.56 Å². The number of nitrogens with two attached hydrogens (primary N) is 1. The van der Waals surface area contributed by atoms with Crippen molar-refractivity contribution in [3.63, 3.8) is 0 Å². The van der Waals surface area contributed by atoms with E-state index in [0.717, 1.165) is 42.5 Å². The average molecular weight is 307 g/mol. The number of aromatic amines is 1. The molecule has 0 unspecified atom stereocenters. The van der Waals surface area contributed by atoms with Crippen LogP contribution in [0.2, 0.25) is 0 Å². The highest BCUT2D eigenvalue weighted by Gasteiger charge is 2.22. The van der Waals surface area contributed by atoms with Gasteiger partial charge in [0.1, 0.15) is 0 Å². The van der Waals surface area contributed by atoms with Crippen LogP contribution in [0.4, 0.5) is 5.95 Å². The highest BCUT2D eigenvalue weighted by Crippen LogP contribution is 2.34. The number of aromatic nitrogens is 3. The fourth-order valence-corrected chi connectivity index (χ4v) is 3.32. The molecule has 23 heavy (non-hydrogen) atoms. The minimum absolute atomic E-state index is 0.220. The molecule has 0 spiro atoms. The van der Waals surface area contributed by atoms with E-state index in [4.69, 9.17) is 5.84 Å². The first kappa shape index (κ1) is 13.9. The SMILES string of the molecule is NNc1nc2nc3c(c(-c4ccccc4)c2c(=O)[nH]1)CCCC3. The van der Waals surface area contributed by atoms with Crippen molar-refractivity contribution >= 4 is 17.0 Å². The summed E-state index contributed by atoms with van der Waals surface area (Å²) in [5.74, 6) is 5.61. The number of pyridine rings is 1. The number of hydrogen-bond acceptors (Lipinski definition) is 5. The summed E-state index contributed by atoms with van der Waals surface area (Å²) in [6.45, 7) is 0. The molecule has 0 amide bonds. The van der Waals surface area contributed by atoms with Gasteiger partial charge in [0.15, 0.2) is 5.65 Å². The zero-order valence-corrected chi connectivity index (χ0v) is 12.6. The van der Waals surface area contributed by atoms with Gasteiger partial charge in [-0.05, 0) is 36.8 Å². The molecule has 0 saturated carbocycles. The molecule has 1 aromatic carbocycles. The Morgan fingerprint density at radius 3 is 2.65 bits per heavy atom. The van der Waals surface area contributed by atoms with Crippen LogP contribution < -0.4 is 16.8 Å².